The smallest absolute Gasteiger partial charge is 0.261 e. The van der Waals surface area contributed by atoms with Gasteiger partial charge in [0, 0.05) is 41.5 Å². The first-order valence-electron chi connectivity index (χ1n) is 9.45. The van der Waals surface area contributed by atoms with Gasteiger partial charge in [0.05, 0.1) is 4.90 Å². The second-order valence-corrected chi connectivity index (χ2v) is 8.89. The molecule has 1 heterocycles. The van der Waals surface area contributed by atoms with Gasteiger partial charge in [-0.05, 0) is 42.8 Å². The third-order valence-electron chi connectivity index (χ3n) is 5.02. The largest absolute Gasteiger partial charge is 0.350 e. The Kier molecular flexibility index (Phi) is 5.18. The van der Waals surface area contributed by atoms with Crippen LogP contribution in [0.15, 0.2) is 90.1 Å². The van der Waals surface area contributed by atoms with Crippen LogP contribution in [0.3, 0.4) is 0 Å². The third-order valence-corrected chi connectivity index (χ3v) is 6.34. The molecule has 0 radical (unpaired) electrons. The van der Waals surface area contributed by atoms with Crippen LogP contribution >= 0.6 is 0 Å². The summed E-state index contributed by atoms with van der Waals surface area (Å²) in [5.41, 5.74) is 4.05. The number of sulfonamides is 1. The molecule has 4 rings (SSSR count). The highest BCUT2D eigenvalue weighted by Crippen LogP contribution is 2.31. The van der Waals surface area contributed by atoms with Crippen LogP contribution in [0, 0.1) is 12.7 Å². The topological polar surface area (TPSA) is 51.1 Å². The van der Waals surface area contributed by atoms with Crippen LogP contribution < -0.4 is 4.72 Å². The van der Waals surface area contributed by atoms with E-state index in [0.717, 1.165) is 22.2 Å². The summed E-state index contributed by atoms with van der Waals surface area (Å²) in [4.78, 5) is 0.181. The third kappa shape index (κ3) is 3.86. The van der Waals surface area contributed by atoms with Crippen LogP contribution in [-0.2, 0) is 17.1 Å². The van der Waals surface area contributed by atoms with Crippen molar-refractivity contribution in [1.29, 1.82) is 0 Å². The number of hydrogen-bond acceptors (Lipinski definition) is 2. The molecule has 0 fully saturated rings. The minimum atomic E-state index is -3.75. The molecule has 152 valence electrons. The predicted octanol–water partition coefficient (Wildman–Crippen LogP) is 4.99. The van der Waals surface area contributed by atoms with Crippen molar-refractivity contribution in [3.63, 3.8) is 0 Å². The first-order chi connectivity index (χ1) is 14.3. The molecule has 6 heteroatoms. The van der Waals surface area contributed by atoms with Crippen molar-refractivity contribution >= 4 is 26.5 Å². The van der Waals surface area contributed by atoms with E-state index < -0.39 is 10.0 Å². The van der Waals surface area contributed by atoms with Crippen molar-refractivity contribution in [3.8, 4) is 0 Å². The molecule has 1 aromatic heterocycles. The predicted molar refractivity (Wildman–Crippen MR) is 118 cm³/mol. The summed E-state index contributed by atoms with van der Waals surface area (Å²) in [5, 5.41) is 0.710. The van der Waals surface area contributed by atoms with Gasteiger partial charge in [0.25, 0.3) is 10.0 Å². The number of rotatable bonds is 5. The molecule has 0 saturated carbocycles. The summed E-state index contributed by atoms with van der Waals surface area (Å²) in [7, 11) is -1.87. The molecule has 0 unspecified atom stereocenters. The van der Waals surface area contributed by atoms with Crippen molar-refractivity contribution in [1.82, 2.24) is 9.29 Å². The van der Waals surface area contributed by atoms with Crippen molar-refractivity contribution in [3.05, 3.63) is 108 Å². The molecular formula is C24H21FN2O2S. The van der Waals surface area contributed by atoms with Gasteiger partial charge in [-0.25, -0.2) is 12.8 Å². The molecule has 0 saturated heterocycles. The molecule has 3 aromatic carbocycles. The van der Waals surface area contributed by atoms with Gasteiger partial charge in [0.1, 0.15) is 5.82 Å². The number of benzene rings is 3. The van der Waals surface area contributed by atoms with Crippen molar-refractivity contribution in [2.75, 3.05) is 0 Å². The maximum absolute atomic E-state index is 14.0. The maximum atomic E-state index is 14.0. The van der Waals surface area contributed by atoms with E-state index in [1.807, 2.05) is 55.1 Å². The molecule has 0 bridgehead atoms. The Morgan fingerprint density at radius 2 is 1.70 bits per heavy atom. The Labute approximate surface area is 175 Å². The second kappa shape index (κ2) is 7.80. The fraction of sp³-hybridized carbons (Fsp3) is 0.0833. The van der Waals surface area contributed by atoms with Gasteiger partial charge in [0.2, 0.25) is 0 Å². The SMILES string of the molecule is Cc1ccc(S(=O)(=O)N/C=C(/c2ccccc2)c2cn(C)c3ccc(F)cc23)cc1. The lowest BCUT2D eigenvalue weighted by Gasteiger charge is -2.10. The molecule has 0 aliphatic rings. The number of nitrogens with one attached hydrogen (secondary N) is 1. The number of nitrogens with zero attached hydrogens (tertiary/aromatic N) is 1. The fourth-order valence-electron chi connectivity index (χ4n) is 3.44. The first kappa shape index (κ1) is 19.9. The van der Waals surface area contributed by atoms with E-state index in [9.17, 15) is 12.8 Å². The molecule has 4 nitrogen and oxygen atoms in total. The number of fused-ring (bicyclic) bond motifs is 1. The minimum absolute atomic E-state index is 0.181. The Balaban J connectivity index is 1.84. The highest BCUT2D eigenvalue weighted by molar-refractivity contribution is 7.89. The lowest BCUT2D eigenvalue weighted by Crippen LogP contribution is -2.18. The van der Waals surface area contributed by atoms with Gasteiger partial charge in [-0.15, -0.1) is 0 Å². The lowest BCUT2D eigenvalue weighted by atomic mass is 9.98. The van der Waals surface area contributed by atoms with Crippen LogP contribution in [0.5, 0.6) is 0 Å². The molecule has 0 aliphatic carbocycles. The molecule has 0 atom stereocenters. The van der Waals surface area contributed by atoms with Crippen LogP contribution in [0.4, 0.5) is 4.39 Å². The zero-order valence-corrected chi connectivity index (χ0v) is 17.4. The summed E-state index contributed by atoms with van der Waals surface area (Å²) < 4.78 is 44.1. The summed E-state index contributed by atoms with van der Waals surface area (Å²) >= 11 is 0. The Morgan fingerprint density at radius 1 is 1.00 bits per heavy atom. The molecule has 4 aromatic rings. The van der Waals surface area contributed by atoms with E-state index in [-0.39, 0.29) is 10.7 Å². The minimum Gasteiger partial charge on any atom is -0.350 e. The second-order valence-electron chi connectivity index (χ2n) is 7.17. The van der Waals surface area contributed by atoms with Gasteiger partial charge in [-0.1, -0.05) is 48.0 Å². The Bertz CT molecular complexity index is 1340. The standard InChI is InChI=1S/C24H21FN2O2S/c1-17-8-11-20(12-9-17)30(28,29)26-15-22(18-6-4-3-5-7-18)23-16-27(2)24-13-10-19(25)14-21(23)24/h3-16,26H,1-2H3/b22-15-. The Hall–Kier alpha value is -3.38. The Morgan fingerprint density at radius 3 is 2.40 bits per heavy atom. The van der Waals surface area contributed by atoms with Crippen molar-refractivity contribution < 1.29 is 12.8 Å². The van der Waals surface area contributed by atoms with E-state index in [4.69, 9.17) is 0 Å². The average Bonchev–Trinajstić information content (AvgIpc) is 3.05. The lowest BCUT2D eigenvalue weighted by molar-refractivity contribution is 0.590. The first-order valence-corrected chi connectivity index (χ1v) is 10.9. The summed E-state index contributed by atoms with van der Waals surface area (Å²) in [6.07, 6.45) is 3.35. The van der Waals surface area contributed by atoms with E-state index in [1.165, 1.54) is 18.3 Å². The van der Waals surface area contributed by atoms with Gasteiger partial charge in [-0.2, -0.15) is 0 Å². The molecular weight excluding hydrogens is 399 g/mol. The highest BCUT2D eigenvalue weighted by Gasteiger charge is 2.16. The maximum Gasteiger partial charge on any atom is 0.261 e. The fourth-order valence-corrected chi connectivity index (χ4v) is 4.34. The normalized spacial score (nSPS) is 12.3. The van der Waals surface area contributed by atoms with Crippen molar-refractivity contribution in [2.24, 2.45) is 7.05 Å². The van der Waals surface area contributed by atoms with Gasteiger partial charge in [0.15, 0.2) is 0 Å². The summed E-state index contributed by atoms with van der Waals surface area (Å²) in [5.74, 6) is -0.345. The molecule has 0 spiro atoms. The molecule has 1 N–H and O–H groups in total. The summed E-state index contributed by atoms with van der Waals surface area (Å²) in [6, 6.07) is 20.7. The van der Waals surface area contributed by atoms with Gasteiger partial charge in [-0.3, -0.25) is 4.72 Å². The quantitative estimate of drug-likeness (QED) is 0.494. The zero-order valence-electron chi connectivity index (χ0n) is 16.6. The van der Waals surface area contributed by atoms with Gasteiger partial charge < -0.3 is 4.57 Å². The number of hydrogen-bond donors (Lipinski definition) is 1. The van der Waals surface area contributed by atoms with E-state index in [0.29, 0.717) is 11.0 Å². The molecule has 0 amide bonds. The number of aromatic nitrogens is 1. The average molecular weight is 421 g/mol. The highest BCUT2D eigenvalue weighted by atomic mass is 32.2. The van der Waals surface area contributed by atoms with Crippen molar-refractivity contribution in [2.45, 2.75) is 11.8 Å². The van der Waals surface area contributed by atoms with Crippen LogP contribution in [0.2, 0.25) is 0 Å². The van der Waals surface area contributed by atoms with Crippen LogP contribution in [-0.4, -0.2) is 13.0 Å². The number of halogens is 1. The molecule has 0 aliphatic heterocycles. The zero-order chi connectivity index (χ0) is 21.3. The van der Waals surface area contributed by atoms with E-state index >= 15 is 0 Å². The van der Waals surface area contributed by atoms with E-state index in [2.05, 4.69) is 4.72 Å². The summed E-state index contributed by atoms with van der Waals surface area (Å²) in [6.45, 7) is 1.90. The monoisotopic (exact) mass is 420 g/mol. The van der Waals surface area contributed by atoms with Crippen LogP contribution in [0.25, 0.3) is 16.5 Å². The molecule has 30 heavy (non-hydrogen) atoms. The van der Waals surface area contributed by atoms with E-state index in [1.54, 1.807) is 30.3 Å². The van der Waals surface area contributed by atoms with Crippen LogP contribution in [0.1, 0.15) is 16.7 Å². The van der Waals surface area contributed by atoms with Gasteiger partial charge >= 0.3 is 0 Å². The number of aryl methyl sites for hydroxylation is 2.